The van der Waals surface area contributed by atoms with Crippen molar-refractivity contribution in [3.05, 3.63) is 97.0 Å². The summed E-state index contributed by atoms with van der Waals surface area (Å²) in [6.07, 6.45) is 1.77. The van der Waals surface area contributed by atoms with Gasteiger partial charge < -0.3 is 5.32 Å². The van der Waals surface area contributed by atoms with E-state index in [0.717, 1.165) is 29.5 Å². The van der Waals surface area contributed by atoms with E-state index < -0.39 is 5.69 Å². The van der Waals surface area contributed by atoms with Crippen LogP contribution >= 0.6 is 11.3 Å². The van der Waals surface area contributed by atoms with E-state index in [4.69, 9.17) is 0 Å². The molecule has 162 valence electrons. The summed E-state index contributed by atoms with van der Waals surface area (Å²) >= 11 is 1.28. The van der Waals surface area contributed by atoms with Crippen LogP contribution in [0.15, 0.2) is 63.5 Å². The predicted octanol–water partition coefficient (Wildman–Crippen LogP) is 3.63. The zero-order valence-electron chi connectivity index (χ0n) is 17.9. The molecule has 4 aromatic rings. The third kappa shape index (κ3) is 3.48. The van der Waals surface area contributed by atoms with Crippen LogP contribution in [0.4, 0.5) is 0 Å². The van der Waals surface area contributed by atoms with Crippen molar-refractivity contribution in [1.82, 2.24) is 14.5 Å². The maximum atomic E-state index is 13.4. The molecule has 0 aliphatic heterocycles. The van der Waals surface area contributed by atoms with Crippen molar-refractivity contribution >= 4 is 27.5 Å². The van der Waals surface area contributed by atoms with Crippen LogP contribution in [-0.4, -0.2) is 15.0 Å². The predicted molar refractivity (Wildman–Crippen MR) is 127 cm³/mol. The van der Waals surface area contributed by atoms with E-state index in [0.29, 0.717) is 15.9 Å². The molecule has 0 spiro atoms. The summed E-state index contributed by atoms with van der Waals surface area (Å²) in [5.74, 6) is -0.244. The third-order valence-corrected chi connectivity index (χ3v) is 6.88. The Kier molecular flexibility index (Phi) is 5.06. The third-order valence-electron chi connectivity index (χ3n) is 5.99. The number of nitrogens with one attached hydrogen (secondary N) is 1. The van der Waals surface area contributed by atoms with E-state index in [1.165, 1.54) is 26.0 Å². The van der Waals surface area contributed by atoms with E-state index >= 15 is 0 Å². The summed E-state index contributed by atoms with van der Waals surface area (Å²) in [5.41, 5.74) is 4.45. The number of rotatable bonds is 4. The summed E-state index contributed by atoms with van der Waals surface area (Å²) in [7, 11) is 0. The Hall–Kier alpha value is -3.45. The van der Waals surface area contributed by atoms with Gasteiger partial charge in [0.15, 0.2) is 0 Å². The van der Waals surface area contributed by atoms with Crippen LogP contribution in [0.25, 0.3) is 15.9 Å². The molecule has 32 heavy (non-hydrogen) atoms. The minimum atomic E-state index is -0.507. The lowest BCUT2D eigenvalue weighted by Crippen LogP contribution is -2.41. The highest BCUT2D eigenvalue weighted by Crippen LogP contribution is 2.30. The molecule has 0 radical (unpaired) electrons. The molecule has 2 aromatic carbocycles. The molecule has 0 saturated carbocycles. The Morgan fingerprint density at radius 1 is 1.09 bits per heavy atom. The van der Waals surface area contributed by atoms with Crippen LogP contribution in [0.2, 0.25) is 0 Å². The van der Waals surface area contributed by atoms with Crippen LogP contribution in [0.1, 0.15) is 34.7 Å². The molecule has 1 unspecified atom stereocenters. The number of hydrogen-bond acceptors (Lipinski definition) is 4. The van der Waals surface area contributed by atoms with E-state index in [9.17, 15) is 14.4 Å². The molecule has 2 heterocycles. The lowest BCUT2D eigenvalue weighted by atomic mass is 10.1. The van der Waals surface area contributed by atoms with E-state index in [-0.39, 0.29) is 24.1 Å². The van der Waals surface area contributed by atoms with Gasteiger partial charge in [-0.15, -0.1) is 11.3 Å². The molecule has 7 heteroatoms. The standard InChI is InChI=1S/C25H23N3O3S/c1-15-11-16(2)13-18(12-15)28-24(30)23-21(9-10-32-23)27(25(28)31)14-22(29)26-20-8-7-17-5-3-4-6-19(17)20/h3-6,9-13,20H,7-8,14H2,1-2H3,(H,26,29). The molecular weight excluding hydrogens is 422 g/mol. The highest BCUT2D eigenvalue weighted by Gasteiger charge is 2.24. The lowest BCUT2D eigenvalue weighted by molar-refractivity contribution is -0.122. The quantitative estimate of drug-likeness (QED) is 0.521. The van der Waals surface area contributed by atoms with Crippen LogP contribution in [0.5, 0.6) is 0 Å². The van der Waals surface area contributed by atoms with Crippen molar-refractivity contribution in [2.24, 2.45) is 0 Å². The number of amides is 1. The fraction of sp³-hybridized carbons (Fsp3) is 0.240. The first-order chi connectivity index (χ1) is 15.4. The van der Waals surface area contributed by atoms with Crippen molar-refractivity contribution in [2.75, 3.05) is 0 Å². The smallest absolute Gasteiger partial charge is 0.336 e. The fourth-order valence-corrected chi connectivity index (χ4v) is 5.46. The summed E-state index contributed by atoms with van der Waals surface area (Å²) in [6.45, 7) is 3.71. The molecule has 6 nitrogen and oxygen atoms in total. The molecule has 1 atom stereocenters. The first kappa shape index (κ1) is 20.5. The van der Waals surface area contributed by atoms with E-state index in [1.54, 1.807) is 11.4 Å². The second kappa shape index (κ2) is 7.91. The van der Waals surface area contributed by atoms with Gasteiger partial charge in [-0.25, -0.2) is 9.36 Å². The zero-order chi connectivity index (χ0) is 22.4. The van der Waals surface area contributed by atoms with Gasteiger partial charge in [0.25, 0.3) is 5.56 Å². The van der Waals surface area contributed by atoms with Crippen LogP contribution in [0, 0.1) is 13.8 Å². The molecule has 1 N–H and O–H groups in total. The number of aromatic nitrogens is 2. The topological polar surface area (TPSA) is 73.1 Å². The highest BCUT2D eigenvalue weighted by atomic mass is 32.1. The average Bonchev–Trinajstić information content (AvgIpc) is 3.39. The number of carbonyl (C=O) groups is 1. The normalized spacial score (nSPS) is 15.1. The van der Waals surface area contributed by atoms with Crippen molar-refractivity contribution in [2.45, 2.75) is 39.3 Å². The summed E-state index contributed by atoms with van der Waals surface area (Å²) in [6, 6.07) is 15.4. The van der Waals surface area contributed by atoms with Crippen LogP contribution in [0.3, 0.4) is 0 Å². The molecule has 2 aromatic heterocycles. The lowest BCUT2D eigenvalue weighted by Gasteiger charge is -2.16. The Morgan fingerprint density at radius 2 is 1.84 bits per heavy atom. The van der Waals surface area contributed by atoms with Gasteiger partial charge in [-0.2, -0.15) is 0 Å². The van der Waals surface area contributed by atoms with Gasteiger partial charge >= 0.3 is 5.69 Å². The first-order valence-corrected chi connectivity index (χ1v) is 11.5. The van der Waals surface area contributed by atoms with Gasteiger partial charge in [0.05, 0.1) is 17.2 Å². The Bertz CT molecular complexity index is 1460. The first-order valence-electron chi connectivity index (χ1n) is 10.6. The Morgan fingerprint density at radius 3 is 2.62 bits per heavy atom. The number of carbonyl (C=O) groups excluding carboxylic acids is 1. The molecule has 1 aliphatic carbocycles. The molecule has 0 bridgehead atoms. The Labute approximate surface area is 188 Å². The molecular formula is C25H23N3O3S. The van der Waals surface area contributed by atoms with E-state index in [1.807, 2.05) is 50.2 Å². The molecule has 0 fully saturated rings. The minimum absolute atomic E-state index is 0.0577. The van der Waals surface area contributed by atoms with Gasteiger partial charge in [0.1, 0.15) is 11.2 Å². The number of nitrogens with zero attached hydrogens (tertiary/aromatic N) is 2. The largest absolute Gasteiger partial charge is 0.348 e. The molecule has 1 aliphatic rings. The van der Waals surface area contributed by atoms with Crippen molar-refractivity contribution < 1.29 is 4.79 Å². The Balaban J connectivity index is 1.54. The second-order valence-electron chi connectivity index (χ2n) is 8.35. The molecule has 5 rings (SSSR count). The average molecular weight is 446 g/mol. The monoisotopic (exact) mass is 445 g/mol. The number of benzene rings is 2. The van der Waals surface area contributed by atoms with Gasteiger partial charge in [-0.05, 0) is 72.5 Å². The zero-order valence-corrected chi connectivity index (χ0v) is 18.7. The number of aryl methyl sites for hydroxylation is 3. The van der Waals surface area contributed by atoms with Gasteiger partial charge in [0.2, 0.25) is 5.91 Å². The maximum Gasteiger partial charge on any atom is 0.336 e. The van der Waals surface area contributed by atoms with Crippen molar-refractivity contribution in [3.63, 3.8) is 0 Å². The second-order valence-corrected chi connectivity index (χ2v) is 9.26. The summed E-state index contributed by atoms with van der Waals surface area (Å²) < 4.78 is 3.04. The van der Waals surface area contributed by atoms with Gasteiger partial charge in [-0.1, -0.05) is 30.3 Å². The van der Waals surface area contributed by atoms with E-state index in [2.05, 4.69) is 11.4 Å². The summed E-state index contributed by atoms with van der Waals surface area (Å²) in [5, 5.41) is 4.85. The number of hydrogen-bond donors (Lipinski definition) is 1. The highest BCUT2D eigenvalue weighted by molar-refractivity contribution is 7.17. The molecule has 0 saturated heterocycles. The maximum absolute atomic E-state index is 13.4. The number of thiophene rings is 1. The molecule has 1 amide bonds. The van der Waals surface area contributed by atoms with Crippen molar-refractivity contribution in [3.8, 4) is 5.69 Å². The van der Waals surface area contributed by atoms with Crippen LogP contribution in [-0.2, 0) is 17.8 Å². The SMILES string of the molecule is Cc1cc(C)cc(-n2c(=O)c3sccc3n(CC(=O)NC3CCc4ccccc43)c2=O)c1. The summed E-state index contributed by atoms with van der Waals surface area (Å²) in [4.78, 5) is 39.6. The number of fused-ring (bicyclic) bond motifs is 2. The van der Waals surface area contributed by atoms with Gasteiger partial charge in [-0.3, -0.25) is 14.2 Å². The van der Waals surface area contributed by atoms with Crippen molar-refractivity contribution in [1.29, 1.82) is 0 Å². The van der Waals surface area contributed by atoms with Crippen LogP contribution < -0.4 is 16.6 Å². The van der Waals surface area contributed by atoms with Gasteiger partial charge in [0, 0.05) is 0 Å². The fourth-order valence-electron chi connectivity index (χ4n) is 4.64. The minimum Gasteiger partial charge on any atom is -0.348 e.